The van der Waals surface area contributed by atoms with Crippen molar-refractivity contribution in [1.82, 2.24) is 9.78 Å². The fourth-order valence-electron chi connectivity index (χ4n) is 2.33. The summed E-state index contributed by atoms with van der Waals surface area (Å²) in [5.41, 5.74) is 4.98. The molecule has 1 heterocycles. The summed E-state index contributed by atoms with van der Waals surface area (Å²) in [6.45, 7) is 4.06. The van der Waals surface area contributed by atoms with E-state index in [1.165, 1.54) is 0 Å². The van der Waals surface area contributed by atoms with Crippen LogP contribution in [0.5, 0.6) is 5.88 Å². The van der Waals surface area contributed by atoms with Crippen molar-refractivity contribution < 1.29 is 5.11 Å². The zero-order valence-electron chi connectivity index (χ0n) is 11.5. The molecular formula is C17H16N2O. The van der Waals surface area contributed by atoms with Crippen LogP contribution in [0, 0.1) is 13.8 Å². The molecule has 1 N–H and O–H groups in total. The van der Waals surface area contributed by atoms with Gasteiger partial charge >= 0.3 is 0 Å². The molecule has 0 saturated heterocycles. The highest BCUT2D eigenvalue weighted by molar-refractivity contribution is 5.71. The zero-order chi connectivity index (χ0) is 14.1. The normalized spacial score (nSPS) is 10.7. The van der Waals surface area contributed by atoms with Crippen LogP contribution in [0.3, 0.4) is 0 Å². The summed E-state index contributed by atoms with van der Waals surface area (Å²) in [6, 6.07) is 16.0. The second kappa shape index (κ2) is 4.85. The van der Waals surface area contributed by atoms with Crippen molar-refractivity contribution in [3.63, 3.8) is 0 Å². The maximum Gasteiger partial charge on any atom is 0.238 e. The Hall–Kier alpha value is -2.55. The first-order valence-corrected chi connectivity index (χ1v) is 6.57. The first-order valence-electron chi connectivity index (χ1n) is 6.57. The van der Waals surface area contributed by atoms with Crippen molar-refractivity contribution in [1.29, 1.82) is 0 Å². The van der Waals surface area contributed by atoms with Crippen molar-refractivity contribution in [3.05, 3.63) is 65.9 Å². The van der Waals surface area contributed by atoms with E-state index < -0.39 is 0 Å². The van der Waals surface area contributed by atoms with Gasteiger partial charge in [-0.3, -0.25) is 0 Å². The van der Waals surface area contributed by atoms with Gasteiger partial charge in [-0.05, 0) is 42.7 Å². The fraction of sp³-hybridized carbons (Fsp3) is 0.118. The molecule has 0 fully saturated rings. The third-order valence-electron chi connectivity index (χ3n) is 3.40. The molecule has 0 amide bonds. The Morgan fingerprint density at radius 3 is 2.50 bits per heavy atom. The van der Waals surface area contributed by atoms with Gasteiger partial charge in [0.2, 0.25) is 5.88 Å². The topological polar surface area (TPSA) is 38.0 Å². The van der Waals surface area contributed by atoms with Crippen LogP contribution in [-0.4, -0.2) is 14.9 Å². The van der Waals surface area contributed by atoms with Crippen LogP contribution >= 0.6 is 0 Å². The minimum Gasteiger partial charge on any atom is -0.492 e. The van der Waals surface area contributed by atoms with Gasteiger partial charge in [-0.15, -0.1) is 5.10 Å². The number of aromatic nitrogens is 2. The van der Waals surface area contributed by atoms with Gasteiger partial charge in [0, 0.05) is 6.20 Å². The molecule has 0 bridgehead atoms. The molecule has 0 aliphatic carbocycles. The van der Waals surface area contributed by atoms with Gasteiger partial charge in [-0.25, -0.2) is 4.68 Å². The van der Waals surface area contributed by atoms with Crippen molar-refractivity contribution >= 4 is 0 Å². The SMILES string of the molecule is Cc1cccc(-n2cc(-c3ccccc3C)c(O)n2)c1. The Morgan fingerprint density at radius 2 is 1.75 bits per heavy atom. The van der Waals surface area contributed by atoms with E-state index in [0.29, 0.717) is 0 Å². The Bertz CT molecular complexity index is 759. The van der Waals surface area contributed by atoms with E-state index in [1.807, 2.05) is 68.6 Å². The van der Waals surface area contributed by atoms with Crippen molar-refractivity contribution in [2.24, 2.45) is 0 Å². The highest BCUT2D eigenvalue weighted by Gasteiger charge is 2.12. The molecule has 0 saturated carbocycles. The maximum absolute atomic E-state index is 10.1. The summed E-state index contributed by atoms with van der Waals surface area (Å²) < 4.78 is 1.71. The van der Waals surface area contributed by atoms with E-state index in [-0.39, 0.29) is 5.88 Å². The Labute approximate surface area is 118 Å². The molecule has 0 spiro atoms. The second-order valence-corrected chi connectivity index (χ2v) is 4.96. The summed E-state index contributed by atoms with van der Waals surface area (Å²) in [5, 5.41) is 14.3. The minimum absolute atomic E-state index is 0.0563. The average molecular weight is 264 g/mol. The lowest BCUT2D eigenvalue weighted by molar-refractivity contribution is 0.449. The zero-order valence-corrected chi connectivity index (χ0v) is 11.5. The molecule has 0 atom stereocenters. The Kier molecular flexibility index (Phi) is 3.03. The molecule has 100 valence electrons. The molecular weight excluding hydrogens is 248 g/mol. The monoisotopic (exact) mass is 264 g/mol. The predicted octanol–water partition coefficient (Wildman–Crippen LogP) is 3.86. The molecule has 20 heavy (non-hydrogen) atoms. The lowest BCUT2D eigenvalue weighted by atomic mass is 10.0. The third-order valence-corrected chi connectivity index (χ3v) is 3.40. The number of rotatable bonds is 2. The van der Waals surface area contributed by atoms with Gasteiger partial charge in [0.15, 0.2) is 0 Å². The molecule has 2 aromatic carbocycles. The summed E-state index contributed by atoms with van der Waals surface area (Å²) in [6.07, 6.45) is 1.87. The minimum atomic E-state index is 0.0563. The first-order chi connectivity index (χ1) is 9.65. The van der Waals surface area contributed by atoms with Crippen LogP contribution in [0.25, 0.3) is 16.8 Å². The van der Waals surface area contributed by atoms with Gasteiger partial charge in [0.05, 0.1) is 11.3 Å². The van der Waals surface area contributed by atoms with Gasteiger partial charge in [0.1, 0.15) is 0 Å². The van der Waals surface area contributed by atoms with E-state index >= 15 is 0 Å². The highest BCUT2D eigenvalue weighted by Crippen LogP contribution is 2.31. The lowest BCUT2D eigenvalue weighted by Gasteiger charge is -2.02. The number of benzene rings is 2. The number of aromatic hydroxyl groups is 1. The molecule has 0 aliphatic rings. The molecule has 1 aromatic heterocycles. The second-order valence-electron chi connectivity index (χ2n) is 4.96. The molecule has 0 unspecified atom stereocenters. The van der Waals surface area contributed by atoms with Crippen molar-refractivity contribution in [2.45, 2.75) is 13.8 Å². The third kappa shape index (κ3) is 2.18. The van der Waals surface area contributed by atoms with E-state index in [0.717, 1.165) is 27.9 Å². The number of hydrogen-bond donors (Lipinski definition) is 1. The van der Waals surface area contributed by atoms with Crippen LogP contribution in [-0.2, 0) is 0 Å². The van der Waals surface area contributed by atoms with Gasteiger partial charge in [-0.1, -0.05) is 36.4 Å². The smallest absolute Gasteiger partial charge is 0.238 e. The summed E-state index contributed by atoms with van der Waals surface area (Å²) >= 11 is 0. The fourth-order valence-corrected chi connectivity index (χ4v) is 2.33. The average Bonchev–Trinajstić information content (AvgIpc) is 2.81. The molecule has 3 heteroatoms. The highest BCUT2D eigenvalue weighted by atomic mass is 16.3. The lowest BCUT2D eigenvalue weighted by Crippen LogP contribution is -1.94. The molecule has 3 nitrogen and oxygen atoms in total. The Balaban J connectivity index is 2.10. The summed E-state index contributed by atoms with van der Waals surface area (Å²) in [7, 11) is 0. The van der Waals surface area contributed by atoms with E-state index in [4.69, 9.17) is 0 Å². The largest absolute Gasteiger partial charge is 0.492 e. The Morgan fingerprint density at radius 1 is 0.950 bits per heavy atom. The quantitative estimate of drug-likeness (QED) is 0.763. The predicted molar refractivity (Wildman–Crippen MR) is 80.1 cm³/mol. The van der Waals surface area contributed by atoms with E-state index in [2.05, 4.69) is 5.10 Å². The summed E-state index contributed by atoms with van der Waals surface area (Å²) in [5.74, 6) is 0.0563. The van der Waals surface area contributed by atoms with Crippen LogP contribution in [0.15, 0.2) is 54.7 Å². The van der Waals surface area contributed by atoms with E-state index in [1.54, 1.807) is 4.68 Å². The molecule has 3 aromatic rings. The number of aryl methyl sites for hydroxylation is 2. The number of hydrogen-bond acceptors (Lipinski definition) is 2. The first kappa shape index (κ1) is 12.5. The van der Waals surface area contributed by atoms with Crippen LogP contribution in [0.1, 0.15) is 11.1 Å². The van der Waals surface area contributed by atoms with Crippen LogP contribution in [0.4, 0.5) is 0 Å². The van der Waals surface area contributed by atoms with Gasteiger partial charge < -0.3 is 5.11 Å². The number of nitrogens with zero attached hydrogens (tertiary/aromatic N) is 2. The summed E-state index contributed by atoms with van der Waals surface area (Å²) in [4.78, 5) is 0. The maximum atomic E-state index is 10.1. The van der Waals surface area contributed by atoms with E-state index in [9.17, 15) is 5.11 Å². The molecule has 0 radical (unpaired) electrons. The van der Waals surface area contributed by atoms with Crippen molar-refractivity contribution in [2.75, 3.05) is 0 Å². The van der Waals surface area contributed by atoms with Gasteiger partial charge in [-0.2, -0.15) is 0 Å². The molecule has 0 aliphatic heterocycles. The van der Waals surface area contributed by atoms with Crippen LogP contribution in [0.2, 0.25) is 0 Å². The van der Waals surface area contributed by atoms with Crippen molar-refractivity contribution in [3.8, 4) is 22.7 Å². The molecule has 3 rings (SSSR count). The van der Waals surface area contributed by atoms with Crippen LogP contribution < -0.4 is 0 Å². The standard InChI is InChI=1S/C17H16N2O/c1-12-6-5-8-14(10-12)19-11-16(17(20)18-19)15-9-4-3-7-13(15)2/h3-11H,1-2H3,(H,18,20). The van der Waals surface area contributed by atoms with Gasteiger partial charge in [0.25, 0.3) is 0 Å².